The van der Waals surface area contributed by atoms with Crippen LogP contribution in [0, 0.1) is 0 Å². The van der Waals surface area contributed by atoms with E-state index in [0.29, 0.717) is 18.8 Å². The zero-order valence-corrected chi connectivity index (χ0v) is 10.3. The van der Waals surface area contributed by atoms with E-state index >= 15 is 0 Å². The molecule has 0 spiro atoms. The molecule has 2 rings (SSSR count). The highest BCUT2D eigenvalue weighted by atomic mass is 16.4. The van der Waals surface area contributed by atoms with Gasteiger partial charge in [0, 0.05) is 26.3 Å². The number of hydrogen-bond acceptors (Lipinski definition) is 3. The van der Waals surface area contributed by atoms with Crippen molar-refractivity contribution in [2.45, 2.75) is 12.5 Å². The number of nitrogens with zero attached hydrogens (tertiary/aromatic N) is 3. The molecule has 1 N–H and O–H groups in total. The van der Waals surface area contributed by atoms with Crippen LogP contribution in [0.4, 0.5) is 4.79 Å². The van der Waals surface area contributed by atoms with Crippen molar-refractivity contribution in [3.63, 3.8) is 0 Å². The van der Waals surface area contributed by atoms with Crippen molar-refractivity contribution in [2.24, 2.45) is 0 Å². The number of carbonyl (C=O) groups is 2. The van der Waals surface area contributed by atoms with Gasteiger partial charge in [-0.1, -0.05) is 6.07 Å². The van der Waals surface area contributed by atoms with Crippen molar-refractivity contribution < 1.29 is 14.7 Å². The number of aliphatic carboxylic acids is 1. The molecule has 18 heavy (non-hydrogen) atoms. The number of carboxylic acids is 1. The summed E-state index contributed by atoms with van der Waals surface area (Å²) >= 11 is 0. The fourth-order valence-electron chi connectivity index (χ4n) is 2.08. The van der Waals surface area contributed by atoms with Gasteiger partial charge in [0.25, 0.3) is 0 Å². The molecule has 0 aromatic carbocycles. The third-order valence-corrected chi connectivity index (χ3v) is 3.34. The lowest BCUT2D eigenvalue weighted by molar-refractivity contribution is -0.149. The van der Waals surface area contributed by atoms with E-state index in [9.17, 15) is 14.7 Å². The predicted octanol–water partition coefficient (Wildman–Crippen LogP) is 0.749. The number of rotatable bonds is 3. The summed E-state index contributed by atoms with van der Waals surface area (Å²) in [4.78, 5) is 30.5. The van der Waals surface area contributed by atoms with Crippen molar-refractivity contribution in [3.8, 4) is 0 Å². The Balaban J connectivity index is 2.46. The Hall–Kier alpha value is -2.11. The minimum absolute atomic E-state index is 0.287. The average molecular weight is 249 g/mol. The molecule has 6 heteroatoms. The molecule has 1 aromatic rings. The van der Waals surface area contributed by atoms with Gasteiger partial charge >= 0.3 is 12.0 Å². The van der Waals surface area contributed by atoms with E-state index in [1.54, 1.807) is 25.2 Å². The largest absolute Gasteiger partial charge is 0.479 e. The van der Waals surface area contributed by atoms with Gasteiger partial charge in [0.15, 0.2) is 5.54 Å². The summed E-state index contributed by atoms with van der Waals surface area (Å²) in [6.45, 7) is 2.41. The van der Waals surface area contributed by atoms with E-state index in [0.717, 1.165) is 0 Å². The zero-order chi connectivity index (χ0) is 13.3. The normalized spacial score (nSPS) is 18.9. The van der Waals surface area contributed by atoms with Crippen molar-refractivity contribution >= 4 is 12.0 Å². The second-order valence-electron chi connectivity index (χ2n) is 4.45. The number of urea groups is 1. The highest BCUT2D eigenvalue weighted by molar-refractivity contribution is 5.87. The lowest BCUT2D eigenvalue weighted by atomic mass is 9.95. The van der Waals surface area contributed by atoms with E-state index in [1.165, 1.54) is 22.9 Å². The highest BCUT2D eigenvalue weighted by Gasteiger charge is 2.48. The van der Waals surface area contributed by atoms with Gasteiger partial charge in [0.2, 0.25) is 0 Å². The average Bonchev–Trinajstić information content (AvgIpc) is 2.70. The molecule has 1 unspecified atom stereocenters. The first-order chi connectivity index (χ1) is 8.48. The fraction of sp³-hybridized carbons (Fsp3) is 0.417. The van der Waals surface area contributed by atoms with Crippen LogP contribution in [0.15, 0.2) is 24.4 Å². The summed E-state index contributed by atoms with van der Waals surface area (Å²) in [5.74, 6) is -1.08. The fourth-order valence-corrected chi connectivity index (χ4v) is 2.08. The molecule has 0 bridgehead atoms. The number of aromatic nitrogens is 1. The van der Waals surface area contributed by atoms with Crippen LogP contribution in [0.25, 0.3) is 0 Å². The number of hydrogen-bond donors (Lipinski definition) is 1. The lowest BCUT2D eigenvalue weighted by Crippen LogP contribution is -2.51. The van der Waals surface area contributed by atoms with Gasteiger partial charge < -0.3 is 14.9 Å². The number of amides is 2. The standard InChI is InChI=1S/C12H15N3O3/c1-12(10(16)17,9-5-3-4-6-13-9)15-8-7-14(2)11(15)18/h3-6H,7-8H2,1-2H3,(H,16,17). The molecule has 0 aliphatic carbocycles. The van der Waals surface area contributed by atoms with Crippen molar-refractivity contribution in [1.82, 2.24) is 14.8 Å². The minimum Gasteiger partial charge on any atom is -0.479 e. The maximum Gasteiger partial charge on any atom is 0.335 e. The van der Waals surface area contributed by atoms with Crippen LogP contribution in [0.2, 0.25) is 0 Å². The quantitative estimate of drug-likeness (QED) is 0.857. The van der Waals surface area contributed by atoms with E-state index < -0.39 is 11.5 Å². The second-order valence-corrected chi connectivity index (χ2v) is 4.45. The number of pyridine rings is 1. The van der Waals surface area contributed by atoms with Crippen molar-refractivity contribution in [3.05, 3.63) is 30.1 Å². The number of carbonyl (C=O) groups excluding carboxylic acids is 1. The Morgan fingerprint density at radius 1 is 1.44 bits per heavy atom. The van der Waals surface area contributed by atoms with Crippen LogP contribution in [0.1, 0.15) is 12.6 Å². The van der Waals surface area contributed by atoms with Gasteiger partial charge in [-0.25, -0.2) is 9.59 Å². The zero-order valence-electron chi connectivity index (χ0n) is 10.3. The number of carboxylic acid groups (broad SMARTS) is 1. The van der Waals surface area contributed by atoms with Gasteiger partial charge in [0.05, 0.1) is 5.69 Å². The van der Waals surface area contributed by atoms with Crippen molar-refractivity contribution in [1.29, 1.82) is 0 Å². The smallest absolute Gasteiger partial charge is 0.335 e. The Kier molecular flexibility index (Phi) is 2.94. The van der Waals surface area contributed by atoms with Crippen LogP contribution in [-0.2, 0) is 10.3 Å². The second kappa shape index (κ2) is 4.29. The molecular weight excluding hydrogens is 234 g/mol. The lowest BCUT2D eigenvalue weighted by Gasteiger charge is -2.33. The topological polar surface area (TPSA) is 73.7 Å². The molecule has 1 fully saturated rings. The third kappa shape index (κ3) is 1.70. The van der Waals surface area contributed by atoms with Gasteiger partial charge in [-0.2, -0.15) is 0 Å². The molecule has 96 valence electrons. The molecule has 1 aliphatic heterocycles. The molecule has 2 heterocycles. The van der Waals surface area contributed by atoms with Crippen LogP contribution < -0.4 is 0 Å². The first-order valence-corrected chi connectivity index (χ1v) is 5.65. The molecule has 0 saturated carbocycles. The minimum atomic E-state index is -1.43. The van der Waals surface area contributed by atoms with E-state index in [-0.39, 0.29) is 6.03 Å². The van der Waals surface area contributed by atoms with Gasteiger partial charge in [-0.3, -0.25) is 4.98 Å². The van der Waals surface area contributed by atoms with Crippen molar-refractivity contribution in [2.75, 3.05) is 20.1 Å². The van der Waals surface area contributed by atoms with Gasteiger partial charge in [0.1, 0.15) is 0 Å². The molecule has 0 radical (unpaired) electrons. The van der Waals surface area contributed by atoms with Crippen LogP contribution in [0.5, 0.6) is 0 Å². The first-order valence-electron chi connectivity index (χ1n) is 5.65. The third-order valence-electron chi connectivity index (χ3n) is 3.34. The molecule has 1 saturated heterocycles. The Bertz CT molecular complexity index is 477. The predicted molar refractivity (Wildman–Crippen MR) is 64.0 cm³/mol. The maximum absolute atomic E-state index is 12.0. The summed E-state index contributed by atoms with van der Waals surface area (Å²) < 4.78 is 0. The van der Waals surface area contributed by atoms with Gasteiger partial charge in [-0.15, -0.1) is 0 Å². The van der Waals surface area contributed by atoms with Crippen LogP contribution in [-0.4, -0.2) is 52.0 Å². The summed E-state index contributed by atoms with van der Waals surface area (Å²) in [6, 6.07) is 4.77. The van der Waals surface area contributed by atoms with Crippen LogP contribution >= 0.6 is 0 Å². The summed E-state index contributed by atoms with van der Waals surface area (Å²) in [6.07, 6.45) is 1.53. The van der Waals surface area contributed by atoms with Gasteiger partial charge in [-0.05, 0) is 19.1 Å². The summed E-state index contributed by atoms with van der Waals surface area (Å²) in [7, 11) is 1.66. The summed E-state index contributed by atoms with van der Waals surface area (Å²) in [5, 5.41) is 9.50. The SMILES string of the molecule is CN1CCN(C(C)(C(=O)O)c2ccccn2)C1=O. The van der Waals surface area contributed by atoms with E-state index in [4.69, 9.17) is 0 Å². The molecule has 2 amide bonds. The monoisotopic (exact) mass is 249 g/mol. The van der Waals surface area contributed by atoms with E-state index in [2.05, 4.69) is 4.98 Å². The first kappa shape index (κ1) is 12.3. The Morgan fingerprint density at radius 2 is 2.17 bits per heavy atom. The molecule has 1 aliphatic rings. The maximum atomic E-state index is 12.0. The molecular formula is C12H15N3O3. The molecule has 6 nitrogen and oxygen atoms in total. The van der Waals surface area contributed by atoms with E-state index in [1.807, 2.05) is 0 Å². The Morgan fingerprint density at radius 3 is 2.61 bits per heavy atom. The van der Waals surface area contributed by atoms with Crippen LogP contribution in [0.3, 0.4) is 0 Å². The highest BCUT2D eigenvalue weighted by Crippen LogP contribution is 2.30. The number of likely N-dealkylation sites (N-methyl/N-ethyl adjacent to an activating group) is 1. The molecule has 1 atom stereocenters. The summed E-state index contributed by atoms with van der Waals surface area (Å²) in [5.41, 5.74) is -1.07. The molecule has 1 aromatic heterocycles. The Labute approximate surface area is 105 Å².